The van der Waals surface area contributed by atoms with E-state index in [4.69, 9.17) is 0 Å². The summed E-state index contributed by atoms with van der Waals surface area (Å²) in [4.78, 5) is 12.3. The number of hydrogen-bond donors (Lipinski definition) is 3. The lowest BCUT2D eigenvalue weighted by atomic mass is 10.0. The first kappa shape index (κ1) is 13.6. The van der Waals surface area contributed by atoms with E-state index in [1.54, 1.807) is 13.0 Å². The first-order valence-corrected chi connectivity index (χ1v) is 6.09. The van der Waals surface area contributed by atoms with Crippen LogP contribution < -0.4 is 5.32 Å². The van der Waals surface area contributed by atoms with Crippen molar-refractivity contribution in [1.29, 1.82) is 0 Å². The summed E-state index contributed by atoms with van der Waals surface area (Å²) in [6, 6.07) is 7.35. The van der Waals surface area contributed by atoms with Gasteiger partial charge in [0.05, 0.1) is 18.8 Å². The summed E-state index contributed by atoms with van der Waals surface area (Å²) in [6.45, 7) is 0.954. The molecule has 0 radical (unpaired) electrons. The van der Waals surface area contributed by atoms with Crippen LogP contribution in [-0.4, -0.2) is 39.4 Å². The van der Waals surface area contributed by atoms with Gasteiger partial charge in [-0.1, -0.05) is 6.07 Å². The van der Waals surface area contributed by atoms with E-state index in [2.05, 4.69) is 5.32 Å². The molecule has 1 aromatic heterocycles. The minimum absolute atomic E-state index is 0.303. The Morgan fingerprint density at radius 1 is 1.32 bits per heavy atom. The number of carbonyl (C=O) groups excluding carboxylic acids is 1. The second-order valence-corrected chi connectivity index (χ2v) is 5.00. The van der Waals surface area contributed by atoms with Crippen LogP contribution in [0.3, 0.4) is 0 Å². The normalized spacial score (nSPS) is 11.8. The summed E-state index contributed by atoms with van der Waals surface area (Å²) in [7, 11) is 1.91. The molecule has 0 aliphatic rings. The maximum absolute atomic E-state index is 12.3. The Labute approximate surface area is 111 Å². The molecular weight excluding hydrogens is 244 g/mol. The molecule has 0 unspecified atom stereocenters. The molecule has 19 heavy (non-hydrogen) atoms. The van der Waals surface area contributed by atoms with Gasteiger partial charge in [-0.15, -0.1) is 0 Å². The van der Waals surface area contributed by atoms with Gasteiger partial charge >= 0.3 is 0 Å². The van der Waals surface area contributed by atoms with Gasteiger partial charge in [0.25, 0.3) is 5.91 Å². The number of aromatic nitrogens is 1. The van der Waals surface area contributed by atoms with Gasteiger partial charge in [0.15, 0.2) is 0 Å². The summed E-state index contributed by atoms with van der Waals surface area (Å²) in [6.07, 6.45) is 1.89. The first-order chi connectivity index (χ1) is 9.00. The Hall–Kier alpha value is -1.85. The van der Waals surface area contributed by atoms with E-state index >= 15 is 0 Å². The van der Waals surface area contributed by atoms with Gasteiger partial charge in [-0.25, -0.2) is 0 Å². The lowest BCUT2D eigenvalue weighted by molar-refractivity contribution is 0.0725. The number of fused-ring (bicyclic) bond motifs is 1. The van der Waals surface area contributed by atoms with Crippen molar-refractivity contribution in [3.63, 3.8) is 0 Å². The van der Waals surface area contributed by atoms with Crippen molar-refractivity contribution in [2.45, 2.75) is 12.5 Å². The van der Waals surface area contributed by atoms with Crippen LogP contribution in [0.25, 0.3) is 10.9 Å². The standard InChI is InChI=1S/C14H18N2O3/c1-14(8-17,9-18)15-13(19)11-4-3-5-12-10(11)6-7-16(12)2/h3-7,17-18H,8-9H2,1-2H3,(H,15,19). The maximum Gasteiger partial charge on any atom is 0.252 e. The zero-order chi connectivity index (χ0) is 14.0. The van der Waals surface area contributed by atoms with Crippen molar-refractivity contribution in [3.05, 3.63) is 36.0 Å². The van der Waals surface area contributed by atoms with E-state index in [1.165, 1.54) is 0 Å². The highest BCUT2D eigenvalue weighted by atomic mass is 16.3. The molecule has 0 fully saturated rings. The third-order valence-corrected chi connectivity index (χ3v) is 3.29. The summed E-state index contributed by atoms with van der Waals surface area (Å²) in [5.41, 5.74) is 0.474. The highest BCUT2D eigenvalue weighted by Gasteiger charge is 2.25. The number of benzene rings is 1. The molecule has 5 heteroatoms. The minimum Gasteiger partial charge on any atom is -0.394 e. The maximum atomic E-state index is 12.3. The number of aliphatic hydroxyl groups excluding tert-OH is 2. The largest absolute Gasteiger partial charge is 0.394 e. The molecule has 3 N–H and O–H groups in total. The number of aryl methyl sites for hydroxylation is 1. The van der Waals surface area contributed by atoms with Gasteiger partial charge in [0.1, 0.15) is 0 Å². The van der Waals surface area contributed by atoms with E-state index in [-0.39, 0.29) is 19.1 Å². The molecular formula is C14H18N2O3. The van der Waals surface area contributed by atoms with Gasteiger partial charge in [-0.2, -0.15) is 0 Å². The van der Waals surface area contributed by atoms with Gasteiger partial charge in [-0.05, 0) is 25.1 Å². The Balaban J connectivity index is 2.37. The zero-order valence-corrected chi connectivity index (χ0v) is 11.1. The molecule has 1 heterocycles. The number of rotatable bonds is 4. The average Bonchev–Trinajstić information content (AvgIpc) is 2.80. The third kappa shape index (κ3) is 2.47. The Morgan fingerprint density at radius 2 is 2.00 bits per heavy atom. The molecule has 0 atom stereocenters. The molecule has 102 valence electrons. The van der Waals surface area contributed by atoms with Crippen molar-refractivity contribution in [2.24, 2.45) is 7.05 Å². The van der Waals surface area contributed by atoms with Crippen LogP contribution in [0.2, 0.25) is 0 Å². The molecule has 2 rings (SSSR count). The van der Waals surface area contributed by atoms with Crippen LogP contribution in [0.5, 0.6) is 0 Å². The van der Waals surface area contributed by atoms with E-state index in [0.29, 0.717) is 5.56 Å². The van der Waals surface area contributed by atoms with Crippen molar-refractivity contribution >= 4 is 16.8 Å². The van der Waals surface area contributed by atoms with Crippen LogP contribution >= 0.6 is 0 Å². The number of nitrogens with zero attached hydrogens (tertiary/aromatic N) is 1. The molecule has 0 spiro atoms. The van der Waals surface area contributed by atoms with Crippen molar-refractivity contribution in [1.82, 2.24) is 9.88 Å². The predicted molar refractivity (Wildman–Crippen MR) is 73.0 cm³/mol. The molecule has 5 nitrogen and oxygen atoms in total. The lowest BCUT2D eigenvalue weighted by Gasteiger charge is -2.26. The smallest absolute Gasteiger partial charge is 0.252 e. The van der Waals surface area contributed by atoms with E-state index < -0.39 is 5.54 Å². The molecule has 0 saturated heterocycles. The average molecular weight is 262 g/mol. The Bertz CT molecular complexity index is 600. The van der Waals surface area contributed by atoms with E-state index in [0.717, 1.165) is 10.9 Å². The zero-order valence-electron chi connectivity index (χ0n) is 11.1. The van der Waals surface area contributed by atoms with Crippen LogP contribution in [0.15, 0.2) is 30.5 Å². The van der Waals surface area contributed by atoms with Gasteiger partial charge < -0.3 is 20.1 Å². The Morgan fingerprint density at radius 3 is 2.63 bits per heavy atom. The number of aliphatic hydroxyl groups is 2. The second-order valence-electron chi connectivity index (χ2n) is 5.00. The van der Waals surface area contributed by atoms with Crippen molar-refractivity contribution < 1.29 is 15.0 Å². The fourth-order valence-electron chi connectivity index (χ4n) is 1.97. The fraction of sp³-hybridized carbons (Fsp3) is 0.357. The molecule has 1 aromatic carbocycles. The van der Waals surface area contributed by atoms with Gasteiger partial charge in [0, 0.05) is 29.7 Å². The SMILES string of the molecule is Cn1ccc2c(C(=O)NC(C)(CO)CO)cccc21. The fourth-order valence-corrected chi connectivity index (χ4v) is 1.97. The summed E-state index contributed by atoms with van der Waals surface area (Å²) >= 11 is 0. The molecule has 0 aliphatic carbocycles. The van der Waals surface area contributed by atoms with E-state index in [1.807, 2.05) is 36.0 Å². The highest BCUT2D eigenvalue weighted by molar-refractivity contribution is 6.06. The van der Waals surface area contributed by atoms with Crippen LogP contribution in [-0.2, 0) is 7.05 Å². The monoisotopic (exact) mass is 262 g/mol. The number of nitrogens with one attached hydrogen (secondary N) is 1. The van der Waals surface area contributed by atoms with Crippen LogP contribution in [0.4, 0.5) is 0 Å². The summed E-state index contributed by atoms with van der Waals surface area (Å²) < 4.78 is 1.93. The van der Waals surface area contributed by atoms with Gasteiger partial charge in [0.2, 0.25) is 0 Å². The van der Waals surface area contributed by atoms with Crippen LogP contribution in [0, 0.1) is 0 Å². The van der Waals surface area contributed by atoms with Gasteiger partial charge in [-0.3, -0.25) is 4.79 Å². The molecule has 0 bridgehead atoms. The third-order valence-electron chi connectivity index (χ3n) is 3.29. The minimum atomic E-state index is -1.02. The predicted octanol–water partition coefficient (Wildman–Crippen LogP) is 0.651. The number of hydrogen-bond acceptors (Lipinski definition) is 3. The molecule has 0 saturated carbocycles. The second kappa shape index (κ2) is 5.03. The molecule has 2 aromatic rings. The van der Waals surface area contributed by atoms with Crippen LogP contribution in [0.1, 0.15) is 17.3 Å². The molecule has 1 amide bonds. The van der Waals surface area contributed by atoms with Crippen molar-refractivity contribution in [2.75, 3.05) is 13.2 Å². The summed E-state index contributed by atoms with van der Waals surface area (Å²) in [5.74, 6) is -0.303. The quantitative estimate of drug-likeness (QED) is 0.757. The Kier molecular flexibility index (Phi) is 3.59. The topological polar surface area (TPSA) is 74.5 Å². The lowest BCUT2D eigenvalue weighted by Crippen LogP contribution is -2.51. The molecule has 0 aliphatic heterocycles. The highest BCUT2D eigenvalue weighted by Crippen LogP contribution is 2.20. The summed E-state index contributed by atoms with van der Waals surface area (Å²) in [5, 5.41) is 21.9. The number of amides is 1. The van der Waals surface area contributed by atoms with Crippen molar-refractivity contribution in [3.8, 4) is 0 Å². The van der Waals surface area contributed by atoms with E-state index in [9.17, 15) is 15.0 Å². The number of carbonyl (C=O) groups is 1. The first-order valence-electron chi connectivity index (χ1n) is 6.09.